The number of aliphatic hydroxyl groups excluding tert-OH is 5. The van der Waals surface area contributed by atoms with Crippen LogP contribution < -0.4 is 5.32 Å². The molecule has 7 unspecified atom stereocenters. The van der Waals surface area contributed by atoms with Crippen molar-refractivity contribution >= 4 is 11.9 Å². The van der Waals surface area contributed by atoms with Gasteiger partial charge in [0.2, 0.25) is 5.91 Å². The SMILES string of the molecule is CCCCCCCCC/C=C/C(O)C(COC1OC(CO)C(O)C(O)C1O)NC(=O)CCCCCCCCCCCCCCC/C=C\C/C=C\CCCCCCCCCCCOC(=O)CCCCCCCCCCCCCCC. The van der Waals surface area contributed by atoms with E-state index in [4.69, 9.17) is 14.2 Å². The van der Waals surface area contributed by atoms with Crippen LogP contribution in [0.2, 0.25) is 0 Å². The molecule has 1 fully saturated rings. The molecule has 6 N–H and O–H groups in total. The number of ether oxygens (including phenoxy) is 3. The molecule has 0 saturated carbocycles. The maximum atomic E-state index is 13.0. The molecule has 464 valence electrons. The lowest BCUT2D eigenvalue weighted by atomic mass is 9.99. The van der Waals surface area contributed by atoms with Crippen molar-refractivity contribution in [3.8, 4) is 0 Å². The molecule has 11 heteroatoms. The standard InChI is InChI=1S/C68H127NO10/c1-3-5-7-9-11-13-14-32-36-40-44-48-52-56-64(73)77-57-53-49-45-41-37-34-31-29-27-25-23-21-19-17-15-16-18-20-22-24-26-28-30-33-35-39-43-47-51-55-63(72)69-60(61(71)54-50-46-42-38-12-10-8-6-4-2)59-78-68-67(76)66(75)65(74)62(58-70)79-68/h15,17,21,23,50,54,60-62,65-68,70-71,74-76H,3-14,16,18-20,22,24-49,51-53,55-59H2,1-2H3,(H,69,72)/b17-15-,23-21-,54-50+. The summed E-state index contributed by atoms with van der Waals surface area (Å²) < 4.78 is 16.7. The van der Waals surface area contributed by atoms with E-state index in [-0.39, 0.29) is 18.5 Å². The van der Waals surface area contributed by atoms with Crippen LogP contribution in [-0.2, 0) is 23.8 Å². The van der Waals surface area contributed by atoms with Crippen LogP contribution in [0.15, 0.2) is 36.5 Å². The fraction of sp³-hybridized carbons (Fsp3) is 0.882. The summed E-state index contributed by atoms with van der Waals surface area (Å²) in [4.78, 5) is 25.1. The van der Waals surface area contributed by atoms with Crippen LogP contribution in [-0.4, -0.2) is 100 Å². The molecular weight excluding hydrogens is 991 g/mol. The summed E-state index contributed by atoms with van der Waals surface area (Å²) in [6, 6.07) is -0.809. The Bertz CT molecular complexity index is 1410. The van der Waals surface area contributed by atoms with Gasteiger partial charge >= 0.3 is 5.97 Å². The number of unbranched alkanes of at least 4 members (excludes halogenated alkanes) is 41. The number of aliphatic hydroxyl groups is 5. The molecule has 1 rings (SSSR count). The monoisotopic (exact) mass is 1120 g/mol. The second-order valence-electron chi connectivity index (χ2n) is 23.5. The van der Waals surface area contributed by atoms with Crippen LogP contribution >= 0.6 is 0 Å². The number of amides is 1. The van der Waals surface area contributed by atoms with Gasteiger partial charge in [-0.25, -0.2) is 0 Å². The molecule has 0 aromatic heterocycles. The average Bonchev–Trinajstić information content (AvgIpc) is 3.49. The third kappa shape index (κ3) is 47.0. The van der Waals surface area contributed by atoms with E-state index < -0.39 is 49.5 Å². The summed E-state index contributed by atoms with van der Waals surface area (Å²) in [5.74, 6) is -0.179. The summed E-state index contributed by atoms with van der Waals surface area (Å²) in [7, 11) is 0. The summed E-state index contributed by atoms with van der Waals surface area (Å²) in [5, 5.41) is 54.3. The molecule has 1 aliphatic rings. The maximum absolute atomic E-state index is 13.0. The Hall–Kier alpha value is -2.12. The van der Waals surface area contributed by atoms with E-state index in [1.165, 1.54) is 231 Å². The Balaban J connectivity index is 1.95. The number of rotatable bonds is 59. The number of hydrogen-bond acceptors (Lipinski definition) is 10. The van der Waals surface area contributed by atoms with E-state index in [0.717, 1.165) is 64.2 Å². The second kappa shape index (κ2) is 57.7. The van der Waals surface area contributed by atoms with Crippen LogP contribution in [0.25, 0.3) is 0 Å². The first-order valence-corrected chi connectivity index (χ1v) is 33.8. The highest BCUT2D eigenvalue weighted by Crippen LogP contribution is 2.23. The Labute approximate surface area is 485 Å². The number of carbonyl (C=O) groups excluding carboxylic acids is 2. The van der Waals surface area contributed by atoms with Crippen molar-refractivity contribution in [3.05, 3.63) is 36.5 Å². The molecule has 1 saturated heterocycles. The van der Waals surface area contributed by atoms with Crippen molar-refractivity contribution in [3.63, 3.8) is 0 Å². The van der Waals surface area contributed by atoms with Crippen LogP contribution in [0.5, 0.6) is 0 Å². The van der Waals surface area contributed by atoms with E-state index in [0.29, 0.717) is 19.4 Å². The molecule has 7 atom stereocenters. The molecule has 0 bridgehead atoms. The lowest BCUT2D eigenvalue weighted by Crippen LogP contribution is -2.60. The fourth-order valence-corrected chi connectivity index (χ4v) is 10.6. The molecule has 0 radical (unpaired) electrons. The van der Waals surface area contributed by atoms with E-state index in [1.807, 2.05) is 6.08 Å². The Morgan fingerprint density at radius 1 is 0.468 bits per heavy atom. The first kappa shape index (κ1) is 74.9. The molecule has 1 aliphatic heterocycles. The molecule has 1 amide bonds. The van der Waals surface area contributed by atoms with Crippen LogP contribution in [0.1, 0.15) is 322 Å². The molecule has 0 aromatic rings. The van der Waals surface area contributed by atoms with Gasteiger partial charge in [0, 0.05) is 12.8 Å². The van der Waals surface area contributed by atoms with Crippen molar-refractivity contribution in [2.75, 3.05) is 19.8 Å². The molecule has 0 aliphatic carbocycles. The minimum atomic E-state index is -1.57. The normalized spacial score (nSPS) is 18.6. The largest absolute Gasteiger partial charge is 0.466 e. The summed E-state index contributed by atoms with van der Waals surface area (Å²) in [5.41, 5.74) is 0. The Kier molecular flexibility index (Phi) is 54.7. The molecule has 79 heavy (non-hydrogen) atoms. The van der Waals surface area contributed by atoms with Crippen LogP contribution in [0.3, 0.4) is 0 Å². The van der Waals surface area contributed by atoms with Crippen molar-refractivity contribution < 1.29 is 49.3 Å². The third-order valence-electron chi connectivity index (χ3n) is 16.0. The predicted molar refractivity (Wildman–Crippen MR) is 329 cm³/mol. The number of allylic oxidation sites excluding steroid dienone is 5. The van der Waals surface area contributed by atoms with Crippen LogP contribution in [0.4, 0.5) is 0 Å². The van der Waals surface area contributed by atoms with E-state index in [2.05, 4.69) is 43.5 Å². The zero-order chi connectivity index (χ0) is 57.3. The Morgan fingerprint density at radius 3 is 1.28 bits per heavy atom. The van der Waals surface area contributed by atoms with Gasteiger partial charge in [-0.05, 0) is 64.2 Å². The first-order chi connectivity index (χ1) is 38.7. The van der Waals surface area contributed by atoms with Crippen LogP contribution in [0, 0.1) is 0 Å². The predicted octanol–water partition coefficient (Wildman–Crippen LogP) is 16.6. The summed E-state index contributed by atoms with van der Waals surface area (Å²) in [6.45, 7) is 4.33. The molecule has 11 nitrogen and oxygen atoms in total. The van der Waals surface area contributed by atoms with E-state index >= 15 is 0 Å². The minimum Gasteiger partial charge on any atom is -0.466 e. The zero-order valence-electron chi connectivity index (χ0n) is 51.3. The zero-order valence-corrected chi connectivity index (χ0v) is 51.3. The van der Waals surface area contributed by atoms with Gasteiger partial charge in [0.05, 0.1) is 32.0 Å². The lowest BCUT2D eigenvalue weighted by Gasteiger charge is -2.40. The van der Waals surface area contributed by atoms with Crippen molar-refractivity contribution in [1.29, 1.82) is 0 Å². The third-order valence-corrected chi connectivity index (χ3v) is 16.0. The van der Waals surface area contributed by atoms with Gasteiger partial charge in [0.1, 0.15) is 24.4 Å². The minimum absolute atomic E-state index is 0.00491. The second-order valence-corrected chi connectivity index (χ2v) is 23.5. The van der Waals surface area contributed by atoms with Gasteiger partial charge in [-0.2, -0.15) is 0 Å². The number of carbonyl (C=O) groups is 2. The first-order valence-electron chi connectivity index (χ1n) is 33.8. The van der Waals surface area contributed by atoms with Crippen molar-refractivity contribution in [2.45, 2.75) is 365 Å². The highest BCUT2D eigenvalue weighted by atomic mass is 16.7. The van der Waals surface area contributed by atoms with Crippen molar-refractivity contribution in [2.24, 2.45) is 0 Å². The van der Waals surface area contributed by atoms with Gasteiger partial charge in [-0.15, -0.1) is 0 Å². The van der Waals surface area contributed by atoms with Gasteiger partial charge in [-0.1, -0.05) is 281 Å². The highest BCUT2D eigenvalue weighted by Gasteiger charge is 2.44. The lowest BCUT2D eigenvalue weighted by molar-refractivity contribution is -0.302. The number of nitrogens with one attached hydrogen (secondary N) is 1. The van der Waals surface area contributed by atoms with Gasteiger partial charge in [0.25, 0.3) is 0 Å². The van der Waals surface area contributed by atoms with Gasteiger partial charge in [-0.3, -0.25) is 9.59 Å². The average molecular weight is 1120 g/mol. The summed E-state index contributed by atoms with van der Waals surface area (Å²) in [6.07, 6.45) is 62.8. The highest BCUT2D eigenvalue weighted by molar-refractivity contribution is 5.76. The quantitative estimate of drug-likeness (QED) is 0.0195. The van der Waals surface area contributed by atoms with E-state index in [9.17, 15) is 35.1 Å². The number of hydrogen-bond donors (Lipinski definition) is 6. The fourth-order valence-electron chi connectivity index (χ4n) is 10.6. The van der Waals surface area contributed by atoms with Gasteiger partial charge < -0.3 is 45.1 Å². The van der Waals surface area contributed by atoms with Gasteiger partial charge in [0.15, 0.2) is 6.29 Å². The molecule has 0 spiro atoms. The Morgan fingerprint density at radius 2 is 0.848 bits per heavy atom. The van der Waals surface area contributed by atoms with E-state index in [1.54, 1.807) is 6.08 Å². The molecule has 0 aromatic carbocycles. The number of esters is 1. The maximum Gasteiger partial charge on any atom is 0.305 e. The summed E-state index contributed by atoms with van der Waals surface area (Å²) >= 11 is 0. The van der Waals surface area contributed by atoms with Crippen molar-refractivity contribution in [1.82, 2.24) is 5.32 Å². The topological polar surface area (TPSA) is 175 Å². The smallest absolute Gasteiger partial charge is 0.305 e. The molecule has 1 heterocycles. The molecular formula is C68H127NO10.